The van der Waals surface area contributed by atoms with Crippen LogP contribution in [0.15, 0.2) is 22.7 Å². The zero-order chi connectivity index (χ0) is 12.7. The molecule has 0 aliphatic rings. The highest BCUT2D eigenvalue weighted by atomic mass is 79.9. The van der Waals surface area contributed by atoms with E-state index >= 15 is 0 Å². The molecule has 1 unspecified atom stereocenters. The van der Waals surface area contributed by atoms with Gasteiger partial charge in [0.1, 0.15) is 5.82 Å². The van der Waals surface area contributed by atoms with E-state index < -0.39 is 0 Å². The Kier molecular flexibility index (Phi) is 6.75. The van der Waals surface area contributed by atoms with Gasteiger partial charge >= 0.3 is 0 Å². The van der Waals surface area contributed by atoms with Crippen LogP contribution < -0.4 is 5.32 Å². The minimum absolute atomic E-state index is 0.107. The molecule has 0 radical (unpaired) electrons. The summed E-state index contributed by atoms with van der Waals surface area (Å²) in [6.07, 6.45) is 5.54. The number of unbranched alkanes of at least 4 members (excludes halogenated alkanes) is 2. The molecular weight excluding hydrogens is 281 g/mol. The van der Waals surface area contributed by atoms with Crippen LogP contribution in [-0.4, -0.2) is 13.1 Å². The van der Waals surface area contributed by atoms with Crippen LogP contribution in [0.1, 0.15) is 38.2 Å². The molecule has 1 N–H and O–H groups in total. The van der Waals surface area contributed by atoms with Crippen molar-refractivity contribution in [2.75, 3.05) is 7.05 Å². The second-order valence-electron chi connectivity index (χ2n) is 4.42. The maximum absolute atomic E-state index is 13.6. The molecule has 1 aromatic carbocycles. The molecule has 0 saturated carbocycles. The van der Waals surface area contributed by atoms with Crippen LogP contribution in [0.25, 0.3) is 0 Å². The fourth-order valence-corrected chi connectivity index (χ4v) is 2.36. The minimum Gasteiger partial charge on any atom is -0.317 e. The third kappa shape index (κ3) is 5.17. The monoisotopic (exact) mass is 301 g/mol. The highest BCUT2D eigenvalue weighted by Gasteiger charge is 2.10. The molecule has 3 heteroatoms. The molecule has 0 amide bonds. The Morgan fingerprint density at radius 1 is 1.35 bits per heavy atom. The zero-order valence-electron chi connectivity index (χ0n) is 10.6. The first-order valence-electron chi connectivity index (χ1n) is 6.28. The van der Waals surface area contributed by atoms with Crippen molar-refractivity contribution < 1.29 is 4.39 Å². The van der Waals surface area contributed by atoms with E-state index in [4.69, 9.17) is 0 Å². The Morgan fingerprint density at radius 3 is 2.76 bits per heavy atom. The molecule has 0 bridgehead atoms. The minimum atomic E-state index is -0.107. The van der Waals surface area contributed by atoms with Crippen LogP contribution in [-0.2, 0) is 6.42 Å². The molecule has 96 valence electrons. The van der Waals surface area contributed by atoms with Crippen molar-refractivity contribution in [3.05, 3.63) is 34.1 Å². The lowest BCUT2D eigenvalue weighted by molar-refractivity contribution is 0.479. The van der Waals surface area contributed by atoms with Gasteiger partial charge in [-0.2, -0.15) is 0 Å². The van der Waals surface area contributed by atoms with E-state index in [1.807, 2.05) is 13.1 Å². The van der Waals surface area contributed by atoms with Crippen molar-refractivity contribution in [1.29, 1.82) is 0 Å². The van der Waals surface area contributed by atoms with E-state index in [2.05, 4.69) is 28.2 Å². The van der Waals surface area contributed by atoms with Crippen LogP contribution in [0.3, 0.4) is 0 Å². The first-order chi connectivity index (χ1) is 8.17. The molecule has 0 aliphatic carbocycles. The Balaban J connectivity index is 2.57. The van der Waals surface area contributed by atoms with Gasteiger partial charge in [0, 0.05) is 10.5 Å². The number of likely N-dealkylation sites (N-methyl/N-ethyl adjacent to an activating group) is 1. The summed E-state index contributed by atoms with van der Waals surface area (Å²) in [4.78, 5) is 0. The molecular formula is C14H21BrFN. The van der Waals surface area contributed by atoms with E-state index in [-0.39, 0.29) is 5.82 Å². The summed E-state index contributed by atoms with van der Waals surface area (Å²) in [5.41, 5.74) is 0.787. The van der Waals surface area contributed by atoms with Crippen LogP contribution in [0.4, 0.5) is 4.39 Å². The van der Waals surface area contributed by atoms with Gasteiger partial charge in [0.2, 0.25) is 0 Å². The number of nitrogens with one attached hydrogen (secondary N) is 1. The summed E-state index contributed by atoms with van der Waals surface area (Å²) in [6.45, 7) is 2.20. The molecule has 0 aromatic heterocycles. The van der Waals surface area contributed by atoms with E-state index in [1.165, 1.54) is 25.3 Å². The number of hydrogen-bond donors (Lipinski definition) is 1. The van der Waals surface area contributed by atoms with Crippen LogP contribution >= 0.6 is 15.9 Å². The summed E-state index contributed by atoms with van der Waals surface area (Å²) in [5.74, 6) is -0.107. The first kappa shape index (κ1) is 14.7. The average molecular weight is 302 g/mol. The highest BCUT2D eigenvalue weighted by Crippen LogP contribution is 2.18. The number of halogens is 2. The molecule has 1 aromatic rings. The molecule has 0 fully saturated rings. The lowest BCUT2D eigenvalue weighted by Crippen LogP contribution is -2.27. The van der Waals surface area contributed by atoms with Crippen molar-refractivity contribution in [2.45, 2.75) is 45.1 Å². The Morgan fingerprint density at radius 2 is 2.12 bits per heavy atom. The van der Waals surface area contributed by atoms with Crippen molar-refractivity contribution in [3.8, 4) is 0 Å². The van der Waals surface area contributed by atoms with E-state index in [9.17, 15) is 4.39 Å². The van der Waals surface area contributed by atoms with Gasteiger partial charge in [-0.3, -0.25) is 0 Å². The Hall–Kier alpha value is -0.410. The molecule has 0 spiro atoms. The maximum Gasteiger partial charge on any atom is 0.126 e. The summed E-state index contributed by atoms with van der Waals surface area (Å²) in [7, 11) is 1.95. The van der Waals surface area contributed by atoms with Crippen LogP contribution in [0.2, 0.25) is 0 Å². The zero-order valence-corrected chi connectivity index (χ0v) is 12.2. The average Bonchev–Trinajstić information content (AvgIpc) is 2.32. The summed E-state index contributed by atoms with van der Waals surface area (Å²) in [5, 5.41) is 3.27. The molecule has 17 heavy (non-hydrogen) atoms. The van der Waals surface area contributed by atoms with Crippen molar-refractivity contribution in [2.24, 2.45) is 0 Å². The van der Waals surface area contributed by atoms with Gasteiger partial charge in [-0.1, -0.05) is 42.1 Å². The van der Waals surface area contributed by atoms with E-state index in [0.717, 1.165) is 22.9 Å². The number of hydrogen-bond acceptors (Lipinski definition) is 1. The normalized spacial score (nSPS) is 12.7. The third-order valence-electron chi connectivity index (χ3n) is 3.04. The lowest BCUT2D eigenvalue weighted by atomic mass is 10.0. The van der Waals surface area contributed by atoms with E-state index in [0.29, 0.717) is 6.04 Å². The van der Waals surface area contributed by atoms with Gasteiger partial charge in [-0.15, -0.1) is 0 Å². The second-order valence-corrected chi connectivity index (χ2v) is 5.34. The summed E-state index contributed by atoms with van der Waals surface area (Å²) >= 11 is 3.38. The quantitative estimate of drug-likeness (QED) is 0.741. The number of benzene rings is 1. The molecule has 1 atom stereocenters. The van der Waals surface area contributed by atoms with Crippen molar-refractivity contribution >= 4 is 15.9 Å². The molecule has 1 rings (SSSR count). The fourth-order valence-electron chi connectivity index (χ4n) is 1.95. The maximum atomic E-state index is 13.6. The SMILES string of the molecule is CCCCCC(Cc1cc(Br)ccc1F)NC. The molecule has 0 aliphatic heterocycles. The molecule has 0 heterocycles. The van der Waals surface area contributed by atoms with Crippen LogP contribution in [0, 0.1) is 5.82 Å². The summed E-state index contributed by atoms with van der Waals surface area (Å²) < 4.78 is 14.5. The lowest BCUT2D eigenvalue weighted by Gasteiger charge is -2.16. The summed E-state index contributed by atoms with van der Waals surface area (Å²) in [6, 6.07) is 5.51. The third-order valence-corrected chi connectivity index (χ3v) is 3.53. The number of rotatable bonds is 7. The van der Waals surface area contributed by atoms with Gasteiger partial charge in [-0.05, 0) is 43.7 Å². The Labute approximate surface area is 112 Å². The molecule has 1 nitrogen and oxygen atoms in total. The van der Waals surface area contributed by atoms with Gasteiger partial charge < -0.3 is 5.32 Å². The van der Waals surface area contributed by atoms with Crippen molar-refractivity contribution in [1.82, 2.24) is 5.32 Å². The Bertz CT molecular complexity index is 341. The van der Waals surface area contributed by atoms with Gasteiger partial charge in [0.05, 0.1) is 0 Å². The fraction of sp³-hybridized carbons (Fsp3) is 0.571. The predicted octanol–water partition coefficient (Wildman–Crippen LogP) is 4.30. The van der Waals surface area contributed by atoms with Gasteiger partial charge in [-0.25, -0.2) is 4.39 Å². The van der Waals surface area contributed by atoms with Crippen molar-refractivity contribution in [3.63, 3.8) is 0 Å². The van der Waals surface area contributed by atoms with Crippen LogP contribution in [0.5, 0.6) is 0 Å². The molecule has 0 saturated heterocycles. The topological polar surface area (TPSA) is 12.0 Å². The van der Waals surface area contributed by atoms with Gasteiger partial charge in [0.25, 0.3) is 0 Å². The van der Waals surface area contributed by atoms with Gasteiger partial charge in [0.15, 0.2) is 0 Å². The first-order valence-corrected chi connectivity index (χ1v) is 7.07. The highest BCUT2D eigenvalue weighted by molar-refractivity contribution is 9.10. The van der Waals surface area contributed by atoms with E-state index in [1.54, 1.807) is 6.07 Å². The largest absolute Gasteiger partial charge is 0.317 e. The predicted molar refractivity (Wildman–Crippen MR) is 74.8 cm³/mol. The standard InChI is InChI=1S/C14H21BrFN/c1-3-4-5-6-13(17-2)10-11-9-12(15)7-8-14(11)16/h7-9,13,17H,3-6,10H2,1-2H3. The smallest absolute Gasteiger partial charge is 0.126 e. The second kappa shape index (κ2) is 7.83.